The van der Waals surface area contributed by atoms with E-state index in [2.05, 4.69) is 49.8 Å². The van der Waals surface area contributed by atoms with Crippen LogP contribution in [0.2, 0.25) is 0 Å². The van der Waals surface area contributed by atoms with Gasteiger partial charge in [0, 0.05) is 45.5 Å². The van der Waals surface area contributed by atoms with E-state index in [0.29, 0.717) is 18.3 Å². The van der Waals surface area contributed by atoms with Crippen molar-refractivity contribution in [3.05, 3.63) is 47.7 Å². The first-order chi connectivity index (χ1) is 14.6. The van der Waals surface area contributed by atoms with E-state index >= 15 is 0 Å². The number of carbonyl (C=O) groups is 1. The van der Waals surface area contributed by atoms with Crippen LogP contribution in [0.4, 0.5) is 21.0 Å². The van der Waals surface area contributed by atoms with Gasteiger partial charge in [-0.3, -0.25) is 9.80 Å². The van der Waals surface area contributed by atoms with Crippen LogP contribution < -0.4 is 15.5 Å². The molecule has 3 heterocycles. The molecule has 8 nitrogen and oxygen atoms in total. The van der Waals surface area contributed by atoms with Gasteiger partial charge in [-0.15, -0.1) is 0 Å². The molecule has 0 saturated carbocycles. The molecule has 1 amide bonds. The van der Waals surface area contributed by atoms with E-state index in [4.69, 9.17) is 4.74 Å². The molecule has 9 heteroatoms. The standard InChI is InChI=1S/C21H27FN6O2/c1-15(22)18-14-30-21(29)28(18)19-6-7-24-20(26-19)25-12-16-2-4-17(5-3-16)13-27-10-8-23-9-11-27/h2-7,15,18,23H,8-14H2,1H3,(H,24,25,26). The summed E-state index contributed by atoms with van der Waals surface area (Å²) in [6.07, 6.45) is -0.260. The Balaban J connectivity index is 1.36. The minimum absolute atomic E-state index is 0.0174. The molecule has 0 spiro atoms. The van der Waals surface area contributed by atoms with Crippen molar-refractivity contribution in [1.82, 2.24) is 20.2 Å². The van der Waals surface area contributed by atoms with E-state index in [9.17, 15) is 9.18 Å². The highest BCUT2D eigenvalue weighted by atomic mass is 19.1. The maximum absolute atomic E-state index is 13.8. The molecule has 30 heavy (non-hydrogen) atoms. The van der Waals surface area contributed by atoms with Crippen LogP contribution in [0.3, 0.4) is 0 Å². The number of hydrogen-bond acceptors (Lipinski definition) is 7. The molecule has 2 aromatic rings. The normalized spacial score (nSPS) is 20.8. The number of anilines is 2. The Morgan fingerprint density at radius 2 is 1.97 bits per heavy atom. The SMILES string of the molecule is CC(F)C1COC(=O)N1c1ccnc(NCc2ccc(CN3CCNCC3)cc2)n1. The average molecular weight is 414 g/mol. The summed E-state index contributed by atoms with van der Waals surface area (Å²) in [5.74, 6) is 0.707. The number of carbonyl (C=O) groups excluding carboxylic acids is 1. The highest BCUT2D eigenvalue weighted by molar-refractivity contribution is 5.89. The fourth-order valence-corrected chi connectivity index (χ4v) is 3.68. The van der Waals surface area contributed by atoms with Crippen LogP contribution >= 0.6 is 0 Å². The Kier molecular flexibility index (Phi) is 6.39. The van der Waals surface area contributed by atoms with Crippen LogP contribution in [-0.4, -0.2) is 66.0 Å². The first kappa shape index (κ1) is 20.5. The molecule has 2 atom stereocenters. The van der Waals surface area contributed by atoms with Crippen LogP contribution in [0.1, 0.15) is 18.1 Å². The molecule has 1 aromatic heterocycles. The summed E-state index contributed by atoms with van der Waals surface area (Å²) in [6.45, 7) is 7.16. The topological polar surface area (TPSA) is 82.6 Å². The van der Waals surface area contributed by atoms with Gasteiger partial charge < -0.3 is 15.4 Å². The monoisotopic (exact) mass is 414 g/mol. The predicted molar refractivity (Wildman–Crippen MR) is 112 cm³/mol. The van der Waals surface area contributed by atoms with E-state index in [1.807, 2.05) is 0 Å². The van der Waals surface area contributed by atoms with E-state index in [0.717, 1.165) is 38.3 Å². The van der Waals surface area contributed by atoms with Gasteiger partial charge in [0.15, 0.2) is 0 Å². The molecular formula is C21H27FN6O2. The van der Waals surface area contributed by atoms with Gasteiger partial charge in [0.1, 0.15) is 24.6 Å². The summed E-state index contributed by atoms with van der Waals surface area (Å²) >= 11 is 0. The molecule has 2 N–H and O–H groups in total. The summed E-state index contributed by atoms with van der Waals surface area (Å²) in [5, 5.41) is 6.54. The number of piperazine rings is 1. The zero-order chi connectivity index (χ0) is 20.9. The highest BCUT2D eigenvalue weighted by Gasteiger charge is 2.39. The first-order valence-corrected chi connectivity index (χ1v) is 10.3. The molecule has 0 aliphatic carbocycles. The minimum Gasteiger partial charge on any atom is -0.447 e. The van der Waals surface area contributed by atoms with Gasteiger partial charge in [0.2, 0.25) is 5.95 Å². The van der Waals surface area contributed by atoms with Crippen molar-refractivity contribution in [3.8, 4) is 0 Å². The van der Waals surface area contributed by atoms with Gasteiger partial charge in [-0.25, -0.2) is 14.2 Å². The van der Waals surface area contributed by atoms with Crippen LogP contribution in [0.15, 0.2) is 36.5 Å². The predicted octanol–water partition coefficient (Wildman–Crippen LogP) is 2.18. The number of ether oxygens (including phenoxy) is 1. The molecule has 2 fully saturated rings. The van der Waals surface area contributed by atoms with Crippen LogP contribution in [0, 0.1) is 0 Å². The lowest BCUT2D eigenvalue weighted by Gasteiger charge is -2.27. The molecule has 2 aliphatic heterocycles. The fourth-order valence-electron chi connectivity index (χ4n) is 3.68. The van der Waals surface area contributed by atoms with E-state index < -0.39 is 18.3 Å². The highest BCUT2D eigenvalue weighted by Crippen LogP contribution is 2.24. The molecular weight excluding hydrogens is 387 g/mol. The second kappa shape index (κ2) is 9.36. The van der Waals surface area contributed by atoms with Gasteiger partial charge in [-0.2, -0.15) is 4.98 Å². The van der Waals surface area contributed by atoms with Gasteiger partial charge in [0.25, 0.3) is 0 Å². The van der Waals surface area contributed by atoms with Gasteiger partial charge >= 0.3 is 6.09 Å². The average Bonchev–Trinajstić information content (AvgIpc) is 3.16. The van der Waals surface area contributed by atoms with E-state index in [1.165, 1.54) is 17.4 Å². The minimum atomic E-state index is -1.22. The molecule has 4 rings (SSSR count). The fraction of sp³-hybridized carbons (Fsp3) is 0.476. The second-order valence-electron chi connectivity index (χ2n) is 7.63. The summed E-state index contributed by atoms with van der Waals surface area (Å²) in [6, 6.07) is 9.37. The number of aromatic nitrogens is 2. The largest absolute Gasteiger partial charge is 0.447 e. The van der Waals surface area contributed by atoms with Gasteiger partial charge in [-0.05, 0) is 24.1 Å². The molecule has 160 valence electrons. The van der Waals surface area contributed by atoms with Crippen molar-refractivity contribution in [2.75, 3.05) is 43.0 Å². The third kappa shape index (κ3) is 4.85. The summed E-state index contributed by atoms with van der Waals surface area (Å²) < 4.78 is 18.8. The smallest absolute Gasteiger partial charge is 0.416 e. The summed E-state index contributed by atoms with van der Waals surface area (Å²) in [5.41, 5.74) is 2.39. The Labute approximate surface area is 175 Å². The van der Waals surface area contributed by atoms with Crippen LogP contribution in [-0.2, 0) is 17.8 Å². The lowest BCUT2D eigenvalue weighted by molar-refractivity contribution is 0.174. The van der Waals surface area contributed by atoms with Crippen molar-refractivity contribution in [3.63, 3.8) is 0 Å². The second-order valence-corrected chi connectivity index (χ2v) is 7.63. The Bertz CT molecular complexity index is 857. The molecule has 2 saturated heterocycles. The van der Waals surface area contributed by atoms with Crippen LogP contribution in [0.25, 0.3) is 0 Å². The molecule has 2 unspecified atom stereocenters. The summed E-state index contributed by atoms with van der Waals surface area (Å²) in [7, 11) is 0. The number of rotatable bonds is 7. The maximum Gasteiger partial charge on any atom is 0.416 e. The lowest BCUT2D eigenvalue weighted by Crippen LogP contribution is -2.42. The Morgan fingerprint density at radius 1 is 1.23 bits per heavy atom. The molecule has 2 aliphatic rings. The van der Waals surface area contributed by atoms with Crippen molar-refractivity contribution < 1.29 is 13.9 Å². The first-order valence-electron chi connectivity index (χ1n) is 10.3. The number of nitrogens with zero attached hydrogens (tertiary/aromatic N) is 4. The van der Waals surface area contributed by atoms with Gasteiger partial charge in [-0.1, -0.05) is 24.3 Å². The zero-order valence-electron chi connectivity index (χ0n) is 17.1. The van der Waals surface area contributed by atoms with Gasteiger partial charge in [0.05, 0.1) is 0 Å². The number of cyclic esters (lactones) is 1. The number of nitrogens with one attached hydrogen (secondary N) is 2. The lowest BCUT2D eigenvalue weighted by atomic mass is 10.1. The number of halogens is 1. The zero-order valence-corrected chi connectivity index (χ0v) is 17.1. The number of amides is 1. The summed E-state index contributed by atoms with van der Waals surface area (Å²) in [4.78, 5) is 24.3. The molecule has 0 bridgehead atoms. The van der Waals surface area contributed by atoms with Crippen LogP contribution in [0.5, 0.6) is 0 Å². The number of benzene rings is 1. The van der Waals surface area contributed by atoms with Crippen molar-refractivity contribution in [2.45, 2.75) is 32.2 Å². The third-order valence-electron chi connectivity index (χ3n) is 5.41. The van der Waals surface area contributed by atoms with Crippen molar-refractivity contribution in [2.24, 2.45) is 0 Å². The number of hydrogen-bond donors (Lipinski definition) is 2. The van der Waals surface area contributed by atoms with Crippen molar-refractivity contribution in [1.29, 1.82) is 0 Å². The number of alkyl halides is 1. The Hall–Kier alpha value is -2.78. The van der Waals surface area contributed by atoms with E-state index in [1.54, 1.807) is 12.3 Å². The molecule has 1 aromatic carbocycles. The maximum atomic E-state index is 13.8. The Morgan fingerprint density at radius 3 is 2.70 bits per heavy atom. The quantitative estimate of drug-likeness (QED) is 0.719. The third-order valence-corrected chi connectivity index (χ3v) is 5.41. The van der Waals surface area contributed by atoms with E-state index in [-0.39, 0.29) is 6.61 Å². The molecule has 0 radical (unpaired) electrons. The van der Waals surface area contributed by atoms with Crippen molar-refractivity contribution >= 4 is 17.9 Å².